The average Bonchev–Trinajstić information content (AvgIpc) is 3.31. The lowest BCUT2D eigenvalue weighted by Gasteiger charge is -2.37. The first kappa shape index (κ1) is 19.1. The molecule has 1 atom stereocenters. The van der Waals surface area contributed by atoms with Crippen LogP contribution < -0.4 is 4.90 Å². The monoisotopic (exact) mass is 421 g/mol. The van der Waals surface area contributed by atoms with Gasteiger partial charge in [0, 0.05) is 28.8 Å². The van der Waals surface area contributed by atoms with Crippen LogP contribution in [0.5, 0.6) is 0 Å². The second-order valence-electron chi connectivity index (χ2n) is 8.90. The Morgan fingerprint density at radius 2 is 1.72 bits per heavy atom. The van der Waals surface area contributed by atoms with Crippen LogP contribution in [0.1, 0.15) is 39.9 Å². The topological polar surface area (TPSA) is 60.6 Å². The molecule has 32 heavy (non-hydrogen) atoms. The molecule has 4 heterocycles. The Morgan fingerprint density at radius 3 is 2.56 bits per heavy atom. The Labute approximate surface area is 187 Å². The molecule has 0 aliphatic carbocycles. The lowest BCUT2D eigenvalue weighted by atomic mass is 9.92. The Bertz CT molecular complexity index is 1440. The summed E-state index contributed by atoms with van der Waals surface area (Å²) in [5, 5.41) is 2.49. The summed E-state index contributed by atoms with van der Waals surface area (Å²) in [6.07, 6.45) is 1.92. The van der Waals surface area contributed by atoms with Crippen molar-refractivity contribution in [3.8, 4) is 0 Å². The van der Waals surface area contributed by atoms with Gasteiger partial charge in [-0.05, 0) is 56.4 Å². The Hall–Kier alpha value is -3.60. The molecular formula is C27H27N5. The molecule has 2 aromatic carbocycles. The van der Waals surface area contributed by atoms with E-state index in [9.17, 15) is 0 Å². The molecule has 0 spiro atoms. The number of para-hydroxylation sites is 1. The van der Waals surface area contributed by atoms with Crippen LogP contribution in [0, 0.1) is 20.8 Å². The summed E-state index contributed by atoms with van der Waals surface area (Å²) in [4.78, 5) is 19.4. The Morgan fingerprint density at radius 1 is 0.938 bits per heavy atom. The number of hydrogen-bond acceptors (Lipinski definition) is 3. The molecule has 5 aromatic rings. The van der Waals surface area contributed by atoms with Gasteiger partial charge in [-0.1, -0.05) is 48.5 Å². The maximum atomic E-state index is 5.00. The number of rotatable bonds is 3. The molecule has 1 aliphatic rings. The van der Waals surface area contributed by atoms with E-state index in [2.05, 4.69) is 83.3 Å². The van der Waals surface area contributed by atoms with Crippen molar-refractivity contribution in [2.75, 3.05) is 11.4 Å². The number of aromatic amines is 2. The number of nitrogens with one attached hydrogen (secondary N) is 2. The van der Waals surface area contributed by atoms with Gasteiger partial charge in [0.15, 0.2) is 0 Å². The van der Waals surface area contributed by atoms with Gasteiger partial charge in [-0.15, -0.1) is 0 Å². The predicted octanol–water partition coefficient (Wildman–Crippen LogP) is 5.71. The molecule has 6 rings (SSSR count). The second-order valence-corrected chi connectivity index (χ2v) is 8.90. The molecule has 5 heteroatoms. The zero-order chi connectivity index (χ0) is 21.8. The van der Waals surface area contributed by atoms with Crippen LogP contribution in [0.15, 0.2) is 54.6 Å². The fraction of sp³-hybridized carbons (Fsp3) is 0.259. The molecular weight excluding hydrogens is 394 g/mol. The highest BCUT2D eigenvalue weighted by molar-refractivity contribution is 5.93. The van der Waals surface area contributed by atoms with E-state index in [0.29, 0.717) is 0 Å². The van der Waals surface area contributed by atoms with Gasteiger partial charge in [-0.3, -0.25) is 0 Å². The zero-order valence-electron chi connectivity index (χ0n) is 18.7. The lowest BCUT2D eigenvalue weighted by molar-refractivity contribution is 0.565. The van der Waals surface area contributed by atoms with Gasteiger partial charge in [0.2, 0.25) is 0 Å². The van der Waals surface area contributed by atoms with Crippen molar-refractivity contribution in [3.63, 3.8) is 0 Å². The highest BCUT2D eigenvalue weighted by atomic mass is 15.2. The Kier molecular flexibility index (Phi) is 4.32. The van der Waals surface area contributed by atoms with Gasteiger partial charge in [0.1, 0.15) is 17.3 Å². The first-order chi connectivity index (χ1) is 15.6. The van der Waals surface area contributed by atoms with E-state index in [0.717, 1.165) is 47.8 Å². The molecule has 0 saturated carbocycles. The van der Waals surface area contributed by atoms with Gasteiger partial charge in [-0.2, -0.15) is 0 Å². The SMILES string of the molecule is Cc1nc(N2CCc3c([nH]c4ccccc34)C2Cc2ccccc2)c2c(C)c(C)[nH]c2n1. The number of hydrogen-bond donors (Lipinski definition) is 2. The van der Waals surface area contributed by atoms with E-state index in [-0.39, 0.29) is 6.04 Å². The number of nitrogens with zero attached hydrogens (tertiary/aromatic N) is 3. The molecule has 0 saturated heterocycles. The van der Waals surface area contributed by atoms with E-state index in [1.807, 2.05) is 6.92 Å². The standard InChI is InChI=1S/C27H27N5/c1-16-17(2)28-26-24(16)27(30-18(3)29-26)32-14-13-21-20-11-7-8-12-22(20)31-25(21)23(32)15-19-9-5-4-6-10-19/h4-12,23,31H,13-15H2,1-3H3,(H,28,29,30). The third kappa shape index (κ3) is 2.92. The van der Waals surface area contributed by atoms with Crippen LogP contribution in [-0.4, -0.2) is 26.5 Å². The molecule has 1 aliphatic heterocycles. The number of anilines is 1. The predicted molar refractivity (Wildman–Crippen MR) is 130 cm³/mol. The van der Waals surface area contributed by atoms with E-state index < -0.39 is 0 Å². The van der Waals surface area contributed by atoms with Crippen molar-refractivity contribution in [2.45, 2.75) is 39.7 Å². The minimum atomic E-state index is 0.181. The summed E-state index contributed by atoms with van der Waals surface area (Å²) in [7, 11) is 0. The molecule has 3 aromatic heterocycles. The number of benzene rings is 2. The lowest BCUT2D eigenvalue weighted by Crippen LogP contribution is -2.37. The van der Waals surface area contributed by atoms with Crippen molar-refractivity contribution in [3.05, 3.63) is 88.5 Å². The van der Waals surface area contributed by atoms with Crippen molar-refractivity contribution < 1.29 is 0 Å². The third-order valence-corrected chi connectivity index (χ3v) is 6.95. The molecule has 160 valence electrons. The summed E-state index contributed by atoms with van der Waals surface area (Å²) in [6, 6.07) is 19.6. The number of H-pyrrole nitrogens is 2. The van der Waals surface area contributed by atoms with Crippen molar-refractivity contribution in [1.82, 2.24) is 19.9 Å². The summed E-state index contributed by atoms with van der Waals surface area (Å²) in [6.45, 7) is 7.20. The number of aryl methyl sites for hydroxylation is 3. The maximum Gasteiger partial charge on any atom is 0.143 e. The van der Waals surface area contributed by atoms with E-state index in [1.54, 1.807) is 0 Å². The minimum Gasteiger partial charge on any atom is -0.356 e. The Balaban J connectivity index is 1.56. The second kappa shape index (κ2) is 7.23. The highest BCUT2D eigenvalue weighted by Crippen LogP contribution is 2.41. The zero-order valence-corrected chi connectivity index (χ0v) is 18.7. The summed E-state index contributed by atoms with van der Waals surface area (Å²) < 4.78 is 0. The molecule has 0 bridgehead atoms. The van der Waals surface area contributed by atoms with Gasteiger partial charge >= 0.3 is 0 Å². The number of fused-ring (bicyclic) bond motifs is 4. The van der Waals surface area contributed by atoms with Crippen LogP contribution in [0.25, 0.3) is 21.9 Å². The van der Waals surface area contributed by atoms with Crippen molar-refractivity contribution in [1.29, 1.82) is 0 Å². The third-order valence-electron chi connectivity index (χ3n) is 6.95. The summed E-state index contributed by atoms with van der Waals surface area (Å²) in [5.74, 6) is 1.84. The van der Waals surface area contributed by atoms with E-state index in [1.165, 1.54) is 33.3 Å². The first-order valence-corrected chi connectivity index (χ1v) is 11.3. The van der Waals surface area contributed by atoms with E-state index >= 15 is 0 Å². The van der Waals surface area contributed by atoms with Crippen LogP contribution in [0.4, 0.5) is 5.82 Å². The normalized spacial score (nSPS) is 16.1. The highest BCUT2D eigenvalue weighted by Gasteiger charge is 2.33. The fourth-order valence-electron chi connectivity index (χ4n) is 5.28. The van der Waals surface area contributed by atoms with Crippen molar-refractivity contribution in [2.24, 2.45) is 0 Å². The van der Waals surface area contributed by atoms with Crippen molar-refractivity contribution >= 4 is 27.8 Å². The van der Waals surface area contributed by atoms with Gasteiger partial charge in [0.25, 0.3) is 0 Å². The van der Waals surface area contributed by atoms with Gasteiger partial charge in [0.05, 0.1) is 11.4 Å². The van der Waals surface area contributed by atoms with Crippen LogP contribution in [-0.2, 0) is 12.8 Å². The molecule has 1 unspecified atom stereocenters. The first-order valence-electron chi connectivity index (χ1n) is 11.3. The molecule has 0 fully saturated rings. The molecule has 2 N–H and O–H groups in total. The van der Waals surface area contributed by atoms with Crippen LogP contribution >= 0.6 is 0 Å². The largest absolute Gasteiger partial charge is 0.356 e. The van der Waals surface area contributed by atoms with Crippen LogP contribution in [0.3, 0.4) is 0 Å². The van der Waals surface area contributed by atoms with Crippen LogP contribution in [0.2, 0.25) is 0 Å². The molecule has 0 radical (unpaired) electrons. The molecule has 5 nitrogen and oxygen atoms in total. The minimum absolute atomic E-state index is 0.181. The quantitative estimate of drug-likeness (QED) is 0.392. The van der Waals surface area contributed by atoms with Gasteiger partial charge < -0.3 is 14.9 Å². The van der Waals surface area contributed by atoms with E-state index in [4.69, 9.17) is 9.97 Å². The number of aromatic nitrogens is 4. The maximum absolute atomic E-state index is 5.00. The summed E-state index contributed by atoms with van der Waals surface area (Å²) >= 11 is 0. The fourth-order valence-corrected chi connectivity index (χ4v) is 5.28. The molecule has 0 amide bonds. The van der Waals surface area contributed by atoms with Gasteiger partial charge in [-0.25, -0.2) is 9.97 Å². The summed E-state index contributed by atoms with van der Waals surface area (Å²) in [5.41, 5.74) is 8.63. The average molecular weight is 422 g/mol. The smallest absolute Gasteiger partial charge is 0.143 e.